The number of fused-ring (bicyclic) bond motifs is 2. The summed E-state index contributed by atoms with van der Waals surface area (Å²) in [5.74, 6) is 1.92. The summed E-state index contributed by atoms with van der Waals surface area (Å²) in [7, 11) is -2.11. The Bertz CT molecular complexity index is 652. The Morgan fingerprint density at radius 2 is 2.15 bits per heavy atom. The number of hydrogen-bond donors (Lipinski definition) is 1. The van der Waals surface area contributed by atoms with Gasteiger partial charge in [-0.25, -0.2) is 12.7 Å². The van der Waals surface area contributed by atoms with Crippen molar-refractivity contribution >= 4 is 10.0 Å². The lowest BCUT2D eigenvalue weighted by molar-refractivity contribution is 0.280. The van der Waals surface area contributed by atoms with Crippen LogP contribution in [0.15, 0.2) is 28.2 Å². The zero-order chi connectivity index (χ0) is 14.3. The lowest BCUT2D eigenvalue weighted by Crippen LogP contribution is -2.35. The van der Waals surface area contributed by atoms with Crippen molar-refractivity contribution in [3.05, 3.63) is 28.7 Å². The van der Waals surface area contributed by atoms with Gasteiger partial charge < -0.3 is 4.98 Å². The standard InChI is InChI=1S/C14H20N2O3S/c1-16(9-12-7-10-2-3-11(12)6-10)20(18,19)14-8-15-5-4-13(14)17/h4-5,8,10-12H,2-3,6-7,9H2,1H3,(H,15,17). The highest BCUT2D eigenvalue weighted by atomic mass is 32.2. The third kappa shape index (κ3) is 2.31. The molecule has 6 heteroatoms. The Kier molecular flexibility index (Phi) is 3.46. The summed E-state index contributed by atoms with van der Waals surface area (Å²) >= 11 is 0. The fourth-order valence-electron chi connectivity index (χ4n) is 3.80. The minimum Gasteiger partial charge on any atom is -0.366 e. The van der Waals surface area contributed by atoms with Crippen LogP contribution in [-0.4, -0.2) is 31.3 Å². The largest absolute Gasteiger partial charge is 0.366 e. The summed E-state index contributed by atoms with van der Waals surface area (Å²) < 4.78 is 26.3. The summed E-state index contributed by atoms with van der Waals surface area (Å²) in [4.78, 5) is 14.2. The third-order valence-electron chi connectivity index (χ3n) is 4.85. The first-order chi connectivity index (χ1) is 9.48. The molecule has 2 saturated carbocycles. The van der Waals surface area contributed by atoms with Gasteiger partial charge in [0, 0.05) is 32.1 Å². The number of nitrogens with zero attached hydrogens (tertiary/aromatic N) is 1. The van der Waals surface area contributed by atoms with E-state index in [0.717, 1.165) is 12.3 Å². The first kappa shape index (κ1) is 13.8. The van der Waals surface area contributed by atoms with Gasteiger partial charge in [0.05, 0.1) is 0 Å². The molecule has 1 heterocycles. The molecule has 3 atom stereocenters. The number of rotatable bonds is 4. The predicted molar refractivity (Wildman–Crippen MR) is 75.8 cm³/mol. The first-order valence-corrected chi connectivity index (χ1v) is 8.56. The van der Waals surface area contributed by atoms with E-state index >= 15 is 0 Å². The molecule has 5 nitrogen and oxygen atoms in total. The van der Waals surface area contributed by atoms with Crippen LogP contribution < -0.4 is 5.43 Å². The molecule has 1 N–H and O–H groups in total. The van der Waals surface area contributed by atoms with Crippen molar-refractivity contribution in [2.45, 2.75) is 30.6 Å². The minimum absolute atomic E-state index is 0.161. The fourth-order valence-corrected chi connectivity index (χ4v) is 5.06. The molecule has 110 valence electrons. The summed E-state index contributed by atoms with van der Waals surface area (Å²) in [6.07, 6.45) is 7.64. The molecule has 2 aliphatic rings. The van der Waals surface area contributed by atoms with Crippen LogP contribution in [0, 0.1) is 17.8 Å². The van der Waals surface area contributed by atoms with Crippen LogP contribution in [0.2, 0.25) is 0 Å². The highest BCUT2D eigenvalue weighted by molar-refractivity contribution is 7.89. The molecule has 1 aromatic heterocycles. The van der Waals surface area contributed by atoms with Crippen LogP contribution in [0.1, 0.15) is 25.7 Å². The lowest BCUT2D eigenvalue weighted by atomic mass is 9.89. The van der Waals surface area contributed by atoms with Crippen LogP contribution in [0.5, 0.6) is 0 Å². The zero-order valence-corrected chi connectivity index (χ0v) is 12.4. The molecule has 0 aromatic carbocycles. The van der Waals surface area contributed by atoms with Gasteiger partial charge in [-0.1, -0.05) is 6.42 Å². The highest BCUT2D eigenvalue weighted by Gasteiger charge is 2.41. The molecular formula is C14H20N2O3S. The molecule has 2 bridgehead atoms. The molecule has 0 spiro atoms. The Labute approximate surface area is 119 Å². The van der Waals surface area contributed by atoms with Gasteiger partial charge in [-0.2, -0.15) is 0 Å². The Morgan fingerprint density at radius 1 is 1.35 bits per heavy atom. The molecule has 1 aromatic rings. The third-order valence-corrected chi connectivity index (χ3v) is 6.70. The van der Waals surface area contributed by atoms with Crippen molar-refractivity contribution in [3.8, 4) is 0 Å². The SMILES string of the molecule is CN(CC1CC2CCC1C2)S(=O)(=O)c1c[nH]ccc1=O. The van der Waals surface area contributed by atoms with Crippen molar-refractivity contribution in [3.63, 3.8) is 0 Å². The molecule has 0 amide bonds. The van der Waals surface area contributed by atoms with E-state index in [1.54, 1.807) is 7.05 Å². The van der Waals surface area contributed by atoms with Crippen molar-refractivity contribution in [1.82, 2.24) is 9.29 Å². The molecule has 0 aliphatic heterocycles. The Balaban J connectivity index is 1.78. The van der Waals surface area contributed by atoms with E-state index in [1.807, 2.05) is 0 Å². The molecule has 2 aliphatic carbocycles. The minimum atomic E-state index is -3.68. The fraction of sp³-hybridized carbons (Fsp3) is 0.643. The Morgan fingerprint density at radius 3 is 2.75 bits per heavy atom. The average molecular weight is 296 g/mol. The van der Waals surface area contributed by atoms with Crippen LogP contribution >= 0.6 is 0 Å². The highest BCUT2D eigenvalue weighted by Crippen LogP contribution is 2.48. The average Bonchev–Trinajstić information content (AvgIpc) is 3.01. The monoisotopic (exact) mass is 296 g/mol. The maximum absolute atomic E-state index is 12.5. The number of H-pyrrole nitrogens is 1. The van der Waals surface area contributed by atoms with Crippen LogP contribution in [-0.2, 0) is 10.0 Å². The maximum atomic E-state index is 12.5. The molecule has 3 unspecified atom stereocenters. The molecular weight excluding hydrogens is 276 g/mol. The Hall–Kier alpha value is -1.14. The zero-order valence-electron chi connectivity index (χ0n) is 11.6. The van der Waals surface area contributed by atoms with Gasteiger partial charge in [-0.15, -0.1) is 0 Å². The van der Waals surface area contributed by atoms with Crippen molar-refractivity contribution in [2.75, 3.05) is 13.6 Å². The second-order valence-corrected chi connectivity index (χ2v) is 8.11. The van der Waals surface area contributed by atoms with Gasteiger partial charge in [-0.05, 0) is 37.0 Å². The number of pyridine rings is 1. The van der Waals surface area contributed by atoms with E-state index in [1.165, 1.54) is 42.0 Å². The number of aromatic amines is 1. The van der Waals surface area contributed by atoms with Crippen molar-refractivity contribution in [1.29, 1.82) is 0 Å². The molecule has 2 fully saturated rings. The molecule has 3 rings (SSSR count). The van der Waals surface area contributed by atoms with Gasteiger partial charge in [0.1, 0.15) is 4.90 Å². The summed E-state index contributed by atoms with van der Waals surface area (Å²) in [6.45, 7) is 0.526. The number of nitrogens with one attached hydrogen (secondary N) is 1. The maximum Gasteiger partial charge on any atom is 0.248 e. The van der Waals surface area contributed by atoms with Crippen molar-refractivity contribution in [2.24, 2.45) is 17.8 Å². The molecule has 0 radical (unpaired) electrons. The van der Waals surface area contributed by atoms with E-state index in [2.05, 4.69) is 4.98 Å². The van der Waals surface area contributed by atoms with Gasteiger partial charge in [0.15, 0.2) is 0 Å². The topological polar surface area (TPSA) is 70.2 Å². The second-order valence-electron chi connectivity index (χ2n) is 6.09. The number of hydrogen-bond acceptors (Lipinski definition) is 3. The van der Waals surface area contributed by atoms with E-state index < -0.39 is 15.5 Å². The van der Waals surface area contributed by atoms with Crippen LogP contribution in [0.25, 0.3) is 0 Å². The van der Waals surface area contributed by atoms with Gasteiger partial charge in [-0.3, -0.25) is 4.79 Å². The molecule has 0 saturated heterocycles. The van der Waals surface area contributed by atoms with Crippen LogP contribution in [0.4, 0.5) is 0 Å². The van der Waals surface area contributed by atoms with Gasteiger partial charge >= 0.3 is 0 Å². The summed E-state index contributed by atoms with van der Waals surface area (Å²) in [5, 5.41) is 0. The van der Waals surface area contributed by atoms with E-state index in [-0.39, 0.29) is 4.90 Å². The lowest BCUT2D eigenvalue weighted by Gasteiger charge is -2.26. The normalized spacial score (nSPS) is 29.2. The smallest absolute Gasteiger partial charge is 0.248 e. The van der Waals surface area contributed by atoms with Gasteiger partial charge in [0.2, 0.25) is 15.5 Å². The first-order valence-electron chi connectivity index (χ1n) is 7.12. The predicted octanol–water partition coefficient (Wildman–Crippen LogP) is 1.43. The summed E-state index contributed by atoms with van der Waals surface area (Å²) in [6, 6.07) is 1.25. The van der Waals surface area contributed by atoms with Gasteiger partial charge in [0.25, 0.3) is 0 Å². The quantitative estimate of drug-likeness (QED) is 0.914. The van der Waals surface area contributed by atoms with E-state index in [9.17, 15) is 13.2 Å². The van der Waals surface area contributed by atoms with E-state index in [0.29, 0.717) is 18.4 Å². The van der Waals surface area contributed by atoms with Crippen molar-refractivity contribution < 1.29 is 8.42 Å². The van der Waals surface area contributed by atoms with Crippen LogP contribution in [0.3, 0.4) is 0 Å². The second kappa shape index (κ2) is 5.00. The van der Waals surface area contributed by atoms with E-state index in [4.69, 9.17) is 0 Å². The number of aromatic nitrogens is 1. The molecule has 20 heavy (non-hydrogen) atoms. The number of sulfonamides is 1. The summed E-state index contributed by atoms with van der Waals surface area (Å²) in [5.41, 5.74) is -0.455.